The van der Waals surface area contributed by atoms with Crippen LogP contribution in [0.4, 0.5) is 26.3 Å². The third-order valence-electron chi connectivity index (χ3n) is 5.46. The second-order valence-electron chi connectivity index (χ2n) is 7.71. The number of aryl methyl sites for hydroxylation is 2. The van der Waals surface area contributed by atoms with Gasteiger partial charge in [0.1, 0.15) is 11.4 Å². The number of hydrogen-bond donors (Lipinski definition) is 1. The fraction of sp³-hybridized carbons (Fsp3) is 0.400. The zero-order valence-corrected chi connectivity index (χ0v) is 17.4. The Morgan fingerprint density at radius 1 is 1.09 bits per heavy atom. The molecule has 4 heterocycles. The quantitative estimate of drug-likeness (QED) is 0.577. The van der Waals surface area contributed by atoms with Crippen LogP contribution in [0.5, 0.6) is 0 Å². The molecule has 3 aromatic rings. The highest BCUT2D eigenvalue weighted by Crippen LogP contribution is 2.36. The van der Waals surface area contributed by atoms with Crippen LogP contribution in [0.2, 0.25) is 0 Å². The smallest absolute Gasteiger partial charge is 0.342 e. The Labute approximate surface area is 183 Å². The van der Waals surface area contributed by atoms with Crippen molar-refractivity contribution in [1.82, 2.24) is 29.9 Å². The normalized spacial score (nSPS) is 16.5. The van der Waals surface area contributed by atoms with Crippen LogP contribution in [0.1, 0.15) is 52.0 Å². The second-order valence-corrected chi connectivity index (χ2v) is 7.71. The highest BCUT2D eigenvalue weighted by molar-refractivity contribution is 5.93. The molecule has 1 N–H and O–H groups in total. The maximum atomic E-state index is 13.1. The van der Waals surface area contributed by atoms with Gasteiger partial charge in [-0.3, -0.25) is 19.1 Å². The maximum Gasteiger partial charge on any atom is 0.435 e. The first-order chi connectivity index (χ1) is 15.4. The van der Waals surface area contributed by atoms with Gasteiger partial charge in [0.2, 0.25) is 0 Å². The summed E-state index contributed by atoms with van der Waals surface area (Å²) in [5.41, 5.74) is -0.788. The van der Waals surface area contributed by atoms with Crippen LogP contribution in [0.15, 0.2) is 24.4 Å². The number of rotatable bonds is 3. The van der Waals surface area contributed by atoms with Crippen LogP contribution in [0.25, 0.3) is 11.3 Å². The molecule has 4 rings (SSSR count). The first-order valence-electron chi connectivity index (χ1n) is 9.89. The van der Waals surface area contributed by atoms with Gasteiger partial charge in [0, 0.05) is 37.0 Å². The summed E-state index contributed by atoms with van der Waals surface area (Å²) in [6.45, 7) is 2.17. The Hall–Kier alpha value is -3.38. The molecule has 0 saturated heterocycles. The van der Waals surface area contributed by atoms with Gasteiger partial charge in [-0.1, -0.05) is 0 Å². The number of nitrogens with zero attached hydrogens (tertiary/aromatic N) is 5. The molecule has 0 saturated carbocycles. The minimum Gasteiger partial charge on any atom is -0.342 e. The summed E-state index contributed by atoms with van der Waals surface area (Å²) < 4.78 is 80.5. The monoisotopic (exact) mass is 472 g/mol. The molecule has 7 nitrogen and oxygen atoms in total. The van der Waals surface area contributed by atoms with E-state index in [2.05, 4.69) is 20.5 Å². The fourth-order valence-corrected chi connectivity index (χ4v) is 3.96. The van der Waals surface area contributed by atoms with Crippen molar-refractivity contribution < 1.29 is 31.1 Å². The number of pyridine rings is 1. The van der Waals surface area contributed by atoms with E-state index in [1.54, 1.807) is 11.6 Å². The molecule has 1 amide bonds. The summed E-state index contributed by atoms with van der Waals surface area (Å²) in [6, 6.07) is 2.41. The van der Waals surface area contributed by atoms with E-state index in [1.165, 1.54) is 13.1 Å². The molecular weight excluding hydrogens is 454 g/mol. The van der Waals surface area contributed by atoms with Gasteiger partial charge in [-0.05, 0) is 31.9 Å². The van der Waals surface area contributed by atoms with Gasteiger partial charge in [0.15, 0.2) is 5.69 Å². The third-order valence-corrected chi connectivity index (χ3v) is 5.46. The van der Waals surface area contributed by atoms with E-state index in [-0.39, 0.29) is 11.3 Å². The Morgan fingerprint density at radius 2 is 1.79 bits per heavy atom. The first-order valence-corrected chi connectivity index (χ1v) is 9.89. The molecule has 176 valence electrons. The van der Waals surface area contributed by atoms with Crippen molar-refractivity contribution >= 4 is 5.91 Å². The van der Waals surface area contributed by atoms with E-state index < -0.39 is 35.7 Å². The lowest BCUT2D eigenvalue weighted by Gasteiger charge is -2.25. The number of carbonyl (C=O) groups excluding carboxylic acids is 1. The first kappa shape index (κ1) is 22.8. The number of alkyl halides is 6. The molecule has 0 fully saturated rings. The average molecular weight is 472 g/mol. The van der Waals surface area contributed by atoms with Crippen molar-refractivity contribution in [2.75, 3.05) is 0 Å². The topological polar surface area (TPSA) is 77.6 Å². The Balaban J connectivity index is 1.65. The summed E-state index contributed by atoms with van der Waals surface area (Å²) >= 11 is 0. The van der Waals surface area contributed by atoms with Crippen LogP contribution in [-0.4, -0.2) is 30.5 Å². The standard InChI is InChI=1S/C20H18F6N6O/c1-10-16(11-5-6-27-14(8-11)19(21,22)23)30-32-7-3-4-12(17(10)32)28-18(33)13-9-15(20(24,25)26)29-31(13)2/h5-6,8-9,12H,3-4,7H2,1-2H3,(H,28,33)/t12-/m0/s1. The summed E-state index contributed by atoms with van der Waals surface area (Å²) in [6.07, 6.45) is -7.15. The molecule has 0 spiro atoms. The summed E-state index contributed by atoms with van der Waals surface area (Å²) in [5, 5.41) is 10.5. The average Bonchev–Trinajstić information content (AvgIpc) is 3.28. The molecule has 33 heavy (non-hydrogen) atoms. The van der Waals surface area contributed by atoms with E-state index in [1.807, 2.05) is 0 Å². The van der Waals surface area contributed by atoms with Gasteiger partial charge in [-0.2, -0.15) is 36.5 Å². The molecule has 0 bridgehead atoms. The number of aromatic nitrogens is 5. The minimum absolute atomic E-state index is 0.225. The predicted octanol–water partition coefficient (Wildman–Crippen LogP) is 4.29. The lowest BCUT2D eigenvalue weighted by Crippen LogP contribution is -2.34. The summed E-state index contributed by atoms with van der Waals surface area (Å²) in [4.78, 5) is 16.1. The van der Waals surface area contributed by atoms with Crippen LogP contribution in [0, 0.1) is 6.92 Å². The SMILES string of the molecule is Cc1c(-c2ccnc(C(F)(F)F)c2)nn2c1[C@@H](NC(=O)c1cc(C(F)(F)F)nn1C)CCC2. The Kier molecular flexibility index (Phi) is 5.45. The number of halogens is 6. The highest BCUT2D eigenvalue weighted by Gasteiger charge is 2.36. The van der Waals surface area contributed by atoms with Crippen molar-refractivity contribution in [3.63, 3.8) is 0 Å². The van der Waals surface area contributed by atoms with E-state index in [4.69, 9.17) is 0 Å². The van der Waals surface area contributed by atoms with E-state index in [9.17, 15) is 31.1 Å². The zero-order valence-electron chi connectivity index (χ0n) is 17.4. The molecule has 0 radical (unpaired) electrons. The van der Waals surface area contributed by atoms with Gasteiger partial charge >= 0.3 is 12.4 Å². The molecular formula is C20H18F6N6O. The van der Waals surface area contributed by atoms with Crippen molar-refractivity contribution in [3.05, 3.63) is 52.7 Å². The van der Waals surface area contributed by atoms with Crippen molar-refractivity contribution in [3.8, 4) is 11.3 Å². The lowest BCUT2D eigenvalue weighted by molar-refractivity contribution is -0.142. The van der Waals surface area contributed by atoms with Gasteiger partial charge < -0.3 is 5.32 Å². The molecule has 1 atom stereocenters. The fourth-order valence-electron chi connectivity index (χ4n) is 3.96. The lowest BCUT2D eigenvalue weighted by atomic mass is 9.98. The molecule has 3 aromatic heterocycles. The van der Waals surface area contributed by atoms with Crippen molar-refractivity contribution in [2.45, 2.75) is 44.7 Å². The van der Waals surface area contributed by atoms with Crippen LogP contribution >= 0.6 is 0 Å². The molecule has 1 aliphatic heterocycles. The molecule has 1 aliphatic rings. The van der Waals surface area contributed by atoms with E-state index in [0.29, 0.717) is 42.4 Å². The second kappa shape index (κ2) is 7.89. The largest absolute Gasteiger partial charge is 0.435 e. The minimum atomic E-state index is -4.69. The maximum absolute atomic E-state index is 13.1. The summed E-state index contributed by atoms with van der Waals surface area (Å²) in [5.74, 6) is -0.746. The molecule has 0 aliphatic carbocycles. The number of nitrogens with one attached hydrogen (secondary N) is 1. The Bertz CT molecular complexity index is 1210. The van der Waals surface area contributed by atoms with Crippen molar-refractivity contribution in [1.29, 1.82) is 0 Å². The van der Waals surface area contributed by atoms with Gasteiger partial charge in [-0.15, -0.1) is 0 Å². The molecule has 0 unspecified atom stereocenters. The molecule has 13 heteroatoms. The van der Waals surface area contributed by atoms with E-state index >= 15 is 0 Å². The molecule has 0 aromatic carbocycles. The third kappa shape index (κ3) is 4.31. The summed E-state index contributed by atoms with van der Waals surface area (Å²) in [7, 11) is 1.24. The zero-order chi connectivity index (χ0) is 24.1. The van der Waals surface area contributed by atoms with Gasteiger partial charge in [0.25, 0.3) is 5.91 Å². The van der Waals surface area contributed by atoms with Crippen LogP contribution in [-0.2, 0) is 25.9 Å². The number of hydrogen-bond acceptors (Lipinski definition) is 4. The van der Waals surface area contributed by atoms with Crippen LogP contribution < -0.4 is 5.32 Å². The highest BCUT2D eigenvalue weighted by atomic mass is 19.4. The predicted molar refractivity (Wildman–Crippen MR) is 103 cm³/mol. The number of carbonyl (C=O) groups is 1. The van der Waals surface area contributed by atoms with E-state index in [0.717, 1.165) is 16.9 Å². The van der Waals surface area contributed by atoms with Crippen LogP contribution in [0.3, 0.4) is 0 Å². The number of fused-ring (bicyclic) bond motifs is 1. The van der Waals surface area contributed by atoms with Gasteiger partial charge in [0.05, 0.1) is 17.4 Å². The van der Waals surface area contributed by atoms with Gasteiger partial charge in [-0.25, -0.2) is 0 Å². The van der Waals surface area contributed by atoms with Crippen molar-refractivity contribution in [2.24, 2.45) is 7.05 Å². The number of amides is 1. The Morgan fingerprint density at radius 3 is 2.42 bits per heavy atom.